The summed E-state index contributed by atoms with van der Waals surface area (Å²) >= 11 is 0. The first-order chi connectivity index (χ1) is 12.9. The van der Waals surface area contributed by atoms with Crippen LogP contribution in [-0.2, 0) is 6.54 Å². The number of aryl methyl sites for hydroxylation is 1. The standard InChI is InChI=1S/C21H22N4O2/c1-14(26)17-9-11-18(12-10-17)27-21-19(22)20(23-15(2)24-21)25(3)13-16-7-5-4-6-8-16/h4-12H,13,22H2,1-3H3. The molecule has 0 saturated heterocycles. The maximum absolute atomic E-state index is 11.4. The fraction of sp³-hybridized carbons (Fsp3) is 0.190. The summed E-state index contributed by atoms with van der Waals surface area (Å²) in [6.07, 6.45) is 0. The highest BCUT2D eigenvalue weighted by molar-refractivity contribution is 5.94. The first-order valence-corrected chi connectivity index (χ1v) is 8.62. The molecule has 0 bridgehead atoms. The molecule has 3 rings (SSSR count). The average molecular weight is 362 g/mol. The van der Waals surface area contributed by atoms with Gasteiger partial charge in [0.05, 0.1) is 0 Å². The fourth-order valence-electron chi connectivity index (χ4n) is 2.71. The third-order valence-corrected chi connectivity index (χ3v) is 4.10. The van der Waals surface area contributed by atoms with Crippen molar-refractivity contribution in [2.24, 2.45) is 0 Å². The highest BCUT2D eigenvalue weighted by Crippen LogP contribution is 2.32. The smallest absolute Gasteiger partial charge is 0.248 e. The van der Waals surface area contributed by atoms with E-state index < -0.39 is 0 Å². The van der Waals surface area contributed by atoms with Crippen molar-refractivity contribution in [2.45, 2.75) is 20.4 Å². The third kappa shape index (κ3) is 4.41. The predicted molar refractivity (Wildman–Crippen MR) is 106 cm³/mol. The molecule has 0 atom stereocenters. The van der Waals surface area contributed by atoms with Crippen LogP contribution in [0.15, 0.2) is 54.6 Å². The lowest BCUT2D eigenvalue weighted by Gasteiger charge is -2.21. The van der Waals surface area contributed by atoms with Crippen LogP contribution >= 0.6 is 0 Å². The maximum Gasteiger partial charge on any atom is 0.248 e. The number of nitrogens with zero attached hydrogens (tertiary/aromatic N) is 3. The minimum absolute atomic E-state index is 0.00349. The normalized spacial score (nSPS) is 10.5. The molecule has 6 heteroatoms. The topological polar surface area (TPSA) is 81.3 Å². The molecule has 3 aromatic rings. The van der Waals surface area contributed by atoms with E-state index in [2.05, 4.69) is 22.1 Å². The van der Waals surface area contributed by atoms with Crippen LogP contribution in [0.25, 0.3) is 0 Å². The zero-order valence-electron chi connectivity index (χ0n) is 15.6. The molecule has 0 fully saturated rings. The second-order valence-electron chi connectivity index (χ2n) is 6.34. The van der Waals surface area contributed by atoms with Gasteiger partial charge in [0.25, 0.3) is 0 Å². The Morgan fingerprint density at radius 3 is 2.37 bits per heavy atom. The molecule has 0 aliphatic rings. The Kier molecular flexibility index (Phi) is 5.35. The molecule has 0 amide bonds. The van der Waals surface area contributed by atoms with E-state index in [1.807, 2.05) is 30.1 Å². The zero-order chi connectivity index (χ0) is 19.4. The van der Waals surface area contributed by atoms with Crippen molar-refractivity contribution >= 4 is 17.3 Å². The highest BCUT2D eigenvalue weighted by atomic mass is 16.5. The molecule has 6 nitrogen and oxygen atoms in total. The van der Waals surface area contributed by atoms with Crippen LogP contribution in [0.1, 0.15) is 28.7 Å². The van der Waals surface area contributed by atoms with Crippen molar-refractivity contribution in [1.82, 2.24) is 9.97 Å². The Hall–Kier alpha value is -3.41. The summed E-state index contributed by atoms with van der Waals surface area (Å²) < 4.78 is 5.85. The number of ether oxygens (including phenoxy) is 1. The molecule has 2 aromatic carbocycles. The first kappa shape index (κ1) is 18.4. The van der Waals surface area contributed by atoms with Crippen molar-refractivity contribution in [1.29, 1.82) is 0 Å². The predicted octanol–water partition coefficient (Wildman–Crippen LogP) is 4.00. The SMILES string of the molecule is CC(=O)c1ccc(Oc2nc(C)nc(N(C)Cc3ccccc3)c2N)cc1. The minimum Gasteiger partial charge on any atom is -0.437 e. The number of anilines is 2. The number of ketones is 1. The Morgan fingerprint density at radius 1 is 1.07 bits per heavy atom. The fourth-order valence-corrected chi connectivity index (χ4v) is 2.71. The second-order valence-corrected chi connectivity index (χ2v) is 6.34. The van der Waals surface area contributed by atoms with Crippen LogP contribution in [0, 0.1) is 6.92 Å². The summed E-state index contributed by atoms with van der Waals surface area (Å²) in [7, 11) is 1.93. The van der Waals surface area contributed by atoms with E-state index in [1.165, 1.54) is 6.92 Å². The van der Waals surface area contributed by atoms with Crippen LogP contribution in [0.3, 0.4) is 0 Å². The van der Waals surface area contributed by atoms with E-state index in [0.717, 1.165) is 5.56 Å². The summed E-state index contributed by atoms with van der Waals surface area (Å²) in [5.41, 5.74) is 8.43. The van der Waals surface area contributed by atoms with Crippen molar-refractivity contribution < 1.29 is 9.53 Å². The number of rotatable bonds is 6. The Bertz CT molecular complexity index is 940. The molecular weight excluding hydrogens is 340 g/mol. The molecule has 2 N–H and O–H groups in total. The van der Waals surface area contributed by atoms with E-state index in [9.17, 15) is 4.79 Å². The lowest BCUT2D eigenvalue weighted by molar-refractivity contribution is 0.101. The van der Waals surface area contributed by atoms with Gasteiger partial charge in [-0.15, -0.1) is 0 Å². The van der Waals surface area contributed by atoms with E-state index in [-0.39, 0.29) is 5.78 Å². The van der Waals surface area contributed by atoms with Gasteiger partial charge in [-0.2, -0.15) is 4.98 Å². The van der Waals surface area contributed by atoms with E-state index in [4.69, 9.17) is 10.5 Å². The van der Waals surface area contributed by atoms with E-state index in [0.29, 0.717) is 41.1 Å². The summed E-state index contributed by atoms with van der Waals surface area (Å²) in [5.74, 6) is 2.04. The molecule has 0 saturated carbocycles. The van der Waals surface area contributed by atoms with Gasteiger partial charge in [-0.25, -0.2) is 4.98 Å². The number of benzene rings is 2. The molecule has 0 unspecified atom stereocenters. The lowest BCUT2D eigenvalue weighted by Crippen LogP contribution is -2.20. The molecule has 138 valence electrons. The third-order valence-electron chi connectivity index (χ3n) is 4.10. The molecular formula is C21H22N4O2. The number of nitrogen functional groups attached to an aromatic ring is 1. The van der Waals surface area contributed by atoms with E-state index in [1.54, 1.807) is 31.2 Å². The molecule has 1 aromatic heterocycles. The number of nitrogens with two attached hydrogens (primary N) is 1. The number of Topliss-reactive ketones (excluding diaryl/α,β-unsaturated/α-hetero) is 1. The Balaban J connectivity index is 1.85. The Labute approximate surface area is 158 Å². The number of hydrogen-bond acceptors (Lipinski definition) is 6. The highest BCUT2D eigenvalue weighted by Gasteiger charge is 2.16. The van der Waals surface area contributed by atoms with Gasteiger partial charge < -0.3 is 15.4 Å². The quantitative estimate of drug-likeness (QED) is 0.668. The van der Waals surface area contributed by atoms with Crippen LogP contribution in [0.4, 0.5) is 11.5 Å². The van der Waals surface area contributed by atoms with Crippen molar-refractivity contribution in [3.63, 3.8) is 0 Å². The molecule has 0 radical (unpaired) electrons. The maximum atomic E-state index is 11.4. The lowest BCUT2D eigenvalue weighted by atomic mass is 10.1. The monoisotopic (exact) mass is 362 g/mol. The summed E-state index contributed by atoms with van der Waals surface area (Å²) in [5, 5.41) is 0. The number of hydrogen-bond donors (Lipinski definition) is 1. The second kappa shape index (κ2) is 7.86. The molecule has 0 spiro atoms. The van der Waals surface area contributed by atoms with Crippen molar-refractivity contribution in [3.8, 4) is 11.6 Å². The number of aromatic nitrogens is 2. The summed E-state index contributed by atoms with van der Waals surface area (Å²) in [6, 6.07) is 16.9. The largest absolute Gasteiger partial charge is 0.437 e. The van der Waals surface area contributed by atoms with Gasteiger partial charge >= 0.3 is 0 Å². The van der Waals surface area contributed by atoms with Crippen LogP contribution in [0.5, 0.6) is 11.6 Å². The van der Waals surface area contributed by atoms with Crippen LogP contribution in [0.2, 0.25) is 0 Å². The van der Waals surface area contributed by atoms with Crippen LogP contribution in [-0.4, -0.2) is 22.8 Å². The van der Waals surface area contributed by atoms with Gasteiger partial charge in [0.2, 0.25) is 5.88 Å². The van der Waals surface area contributed by atoms with Gasteiger partial charge in [0, 0.05) is 19.2 Å². The molecule has 27 heavy (non-hydrogen) atoms. The van der Waals surface area contributed by atoms with Gasteiger partial charge in [0.15, 0.2) is 11.6 Å². The van der Waals surface area contributed by atoms with Gasteiger partial charge in [-0.1, -0.05) is 30.3 Å². The van der Waals surface area contributed by atoms with Gasteiger partial charge in [0.1, 0.15) is 17.3 Å². The van der Waals surface area contributed by atoms with Crippen molar-refractivity contribution in [3.05, 3.63) is 71.5 Å². The molecule has 0 aliphatic heterocycles. The average Bonchev–Trinajstić information content (AvgIpc) is 2.65. The zero-order valence-corrected chi connectivity index (χ0v) is 15.6. The summed E-state index contributed by atoms with van der Waals surface area (Å²) in [6.45, 7) is 3.98. The van der Waals surface area contributed by atoms with Gasteiger partial charge in [-0.05, 0) is 43.7 Å². The number of carbonyl (C=O) groups excluding carboxylic acids is 1. The molecule has 0 aliphatic carbocycles. The number of carbonyl (C=O) groups is 1. The first-order valence-electron chi connectivity index (χ1n) is 8.62. The van der Waals surface area contributed by atoms with E-state index >= 15 is 0 Å². The Morgan fingerprint density at radius 2 is 1.74 bits per heavy atom. The summed E-state index contributed by atoms with van der Waals surface area (Å²) in [4.78, 5) is 22.2. The van der Waals surface area contributed by atoms with Gasteiger partial charge in [-0.3, -0.25) is 4.79 Å². The minimum atomic E-state index is 0.00349. The van der Waals surface area contributed by atoms with Crippen LogP contribution < -0.4 is 15.4 Å². The molecule has 1 heterocycles. The van der Waals surface area contributed by atoms with Crippen molar-refractivity contribution in [2.75, 3.05) is 17.7 Å².